The van der Waals surface area contributed by atoms with Gasteiger partial charge in [-0.25, -0.2) is 4.79 Å². The van der Waals surface area contributed by atoms with E-state index >= 15 is 0 Å². The molecule has 8 heteroatoms. The van der Waals surface area contributed by atoms with Crippen LogP contribution in [0.3, 0.4) is 0 Å². The van der Waals surface area contributed by atoms with Gasteiger partial charge < -0.3 is 18.9 Å². The second kappa shape index (κ2) is 8.84. The molecule has 0 spiro atoms. The molecule has 0 aliphatic carbocycles. The van der Waals surface area contributed by atoms with E-state index in [0.29, 0.717) is 19.8 Å². The maximum atomic E-state index is 12.4. The number of H-pyrrole nitrogens is 1. The highest BCUT2D eigenvalue weighted by Gasteiger charge is 2.63. The van der Waals surface area contributed by atoms with Crippen LogP contribution < -0.4 is 11.2 Å². The molecule has 2 saturated heterocycles. The third-order valence-corrected chi connectivity index (χ3v) is 5.83. The molecule has 3 aromatic rings. The Morgan fingerprint density at radius 1 is 0.969 bits per heavy atom. The van der Waals surface area contributed by atoms with Gasteiger partial charge in [0, 0.05) is 12.3 Å². The van der Waals surface area contributed by atoms with Gasteiger partial charge in [-0.3, -0.25) is 14.3 Å². The zero-order valence-corrected chi connectivity index (χ0v) is 17.4. The molecule has 2 aliphatic heterocycles. The van der Waals surface area contributed by atoms with E-state index in [1.165, 1.54) is 16.8 Å². The van der Waals surface area contributed by atoms with E-state index in [9.17, 15) is 9.59 Å². The van der Waals surface area contributed by atoms with Gasteiger partial charge in [-0.15, -0.1) is 0 Å². The Kier molecular flexibility index (Phi) is 5.75. The van der Waals surface area contributed by atoms with Crippen molar-refractivity contribution >= 4 is 0 Å². The summed E-state index contributed by atoms with van der Waals surface area (Å²) in [7, 11) is 0. The number of hydrogen-bond acceptors (Lipinski definition) is 6. The van der Waals surface area contributed by atoms with Crippen molar-refractivity contribution in [1.82, 2.24) is 9.55 Å². The molecule has 5 rings (SSSR count). The van der Waals surface area contributed by atoms with E-state index in [1.54, 1.807) is 0 Å². The van der Waals surface area contributed by atoms with Gasteiger partial charge in [0.1, 0.15) is 17.8 Å². The zero-order valence-electron chi connectivity index (χ0n) is 17.4. The average Bonchev–Trinajstić information content (AvgIpc) is 3.31. The molecule has 1 aromatic heterocycles. The monoisotopic (exact) mass is 436 g/mol. The summed E-state index contributed by atoms with van der Waals surface area (Å²) in [6, 6.07) is 21.0. The van der Waals surface area contributed by atoms with E-state index in [1.807, 2.05) is 60.7 Å². The number of nitrogens with zero attached hydrogens (tertiary/aromatic N) is 1. The fraction of sp³-hybridized carbons (Fsp3) is 0.333. The van der Waals surface area contributed by atoms with Crippen LogP contribution in [0.1, 0.15) is 17.4 Å². The topological polar surface area (TPSA) is 91.8 Å². The minimum atomic E-state index is -0.867. The van der Waals surface area contributed by atoms with Crippen molar-refractivity contribution in [3.05, 3.63) is 105 Å². The number of hydrogen-bond donors (Lipinski definition) is 1. The van der Waals surface area contributed by atoms with E-state index < -0.39 is 35.3 Å². The Balaban J connectivity index is 1.37. The third kappa shape index (κ3) is 4.05. The fourth-order valence-corrected chi connectivity index (χ4v) is 4.27. The third-order valence-electron chi connectivity index (χ3n) is 5.83. The number of fused-ring (bicyclic) bond motifs is 2. The SMILES string of the molecule is O=c1ccn(C2OC3(COCc4ccccc4)COC2C3OCc2ccccc2)c(=O)[nH]1. The molecule has 0 saturated carbocycles. The van der Waals surface area contributed by atoms with Crippen molar-refractivity contribution in [2.45, 2.75) is 37.3 Å². The standard InChI is InChI=1S/C24H24N2O6/c27-19-11-12-26(23(28)25-19)22-20-21(30-14-18-9-5-2-6-10-18)24(32-22,16-31-20)15-29-13-17-7-3-1-4-8-17/h1-12,20-22H,13-16H2,(H,25,27,28). The second-order valence-electron chi connectivity index (χ2n) is 8.06. The zero-order chi connectivity index (χ0) is 22.0. The smallest absolute Gasteiger partial charge is 0.330 e. The summed E-state index contributed by atoms with van der Waals surface area (Å²) in [6.45, 7) is 1.33. The maximum Gasteiger partial charge on any atom is 0.330 e. The van der Waals surface area contributed by atoms with Crippen molar-refractivity contribution in [2.75, 3.05) is 13.2 Å². The summed E-state index contributed by atoms with van der Waals surface area (Å²) in [4.78, 5) is 26.2. The van der Waals surface area contributed by atoms with Crippen LogP contribution in [0.15, 0.2) is 82.5 Å². The molecule has 0 amide bonds. The Morgan fingerprint density at radius 3 is 2.34 bits per heavy atom. The van der Waals surface area contributed by atoms with Crippen LogP contribution >= 0.6 is 0 Å². The van der Waals surface area contributed by atoms with Gasteiger partial charge in [0.15, 0.2) is 6.23 Å². The lowest BCUT2D eigenvalue weighted by Crippen LogP contribution is -2.46. The van der Waals surface area contributed by atoms with E-state index in [4.69, 9.17) is 18.9 Å². The molecule has 8 nitrogen and oxygen atoms in total. The Labute approximate surface area is 184 Å². The van der Waals surface area contributed by atoms with Gasteiger partial charge in [-0.05, 0) is 11.1 Å². The highest BCUT2D eigenvalue weighted by molar-refractivity contribution is 5.15. The van der Waals surface area contributed by atoms with E-state index in [2.05, 4.69) is 4.98 Å². The van der Waals surface area contributed by atoms with Crippen LogP contribution in [-0.2, 0) is 32.2 Å². The predicted octanol–water partition coefficient (Wildman–Crippen LogP) is 2.01. The number of ether oxygens (including phenoxy) is 4. The lowest BCUT2D eigenvalue weighted by Gasteiger charge is -2.31. The molecular weight excluding hydrogens is 412 g/mol. The normalized spacial score (nSPS) is 26.4. The number of benzene rings is 2. The van der Waals surface area contributed by atoms with Gasteiger partial charge in [-0.2, -0.15) is 0 Å². The van der Waals surface area contributed by atoms with Crippen LogP contribution in [0, 0.1) is 0 Å². The van der Waals surface area contributed by atoms with Crippen LogP contribution in [0.4, 0.5) is 0 Å². The summed E-state index contributed by atoms with van der Waals surface area (Å²) in [5, 5.41) is 0. The van der Waals surface area contributed by atoms with Crippen LogP contribution in [0.2, 0.25) is 0 Å². The predicted molar refractivity (Wildman–Crippen MR) is 115 cm³/mol. The molecule has 2 fully saturated rings. The molecule has 2 bridgehead atoms. The largest absolute Gasteiger partial charge is 0.374 e. The minimum Gasteiger partial charge on any atom is -0.374 e. The minimum absolute atomic E-state index is 0.243. The maximum absolute atomic E-state index is 12.4. The second-order valence-corrected chi connectivity index (χ2v) is 8.06. The van der Waals surface area contributed by atoms with Gasteiger partial charge >= 0.3 is 5.69 Å². The Morgan fingerprint density at radius 2 is 1.66 bits per heavy atom. The molecule has 2 aromatic carbocycles. The number of nitrogens with one attached hydrogen (secondary N) is 1. The van der Waals surface area contributed by atoms with Crippen molar-refractivity contribution in [3.63, 3.8) is 0 Å². The number of rotatable bonds is 8. The quantitative estimate of drug-likeness (QED) is 0.581. The summed E-state index contributed by atoms with van der Waals surface area (Å²) in [5.74, 6) is 0. The lowest BCUT2D eigenvalue weighted by molar-refractivity contribution is -0.197. The van der Waals surface area contributed by atoms with E-state index in [0.717, 1.165) is 11.1 Å². The van der Waals surface area contributed by atoms with Crippen molar-refractivity contribution in [1.29, 1.82) is 0 Å². The van der Waals surface area contributed by atoms with Gasteiger partial charge in [0.2, 0.25) is 0 Å². The summed E-state index contributed by atoms with van der Waals surface area (Å²) in [5.41, 5.74) is 0.187. The molecular formula is C24H24N2O6. The Hall–Kier alpha value is -3.04. The highest BCUT2D eigenvalue weighted by Crippen LogP contribution is 2.46. The summed E-state index contributed by atoms with van der Waals surface area (Å²) < 4.78 is 26.0. The summed E-state index contributed by atoms with van der Waals surface area (Å²) >= 11 is 0. The molecule has 4 unspecified atom stereocenters. The van der Waals surface area contributed by atoms with Crippen molar-refractivity contribution in [3.8, 4) is 0 Å². The first kappa shape index (κ1) is 20.8. The first-order chi connectivity index (χ1) is 15.6. The van der Waals surface area contributed by atoms with Crippen LogP contribution in [-0.4, -0.2) is 40.6 Å². The van der Waals surface area contributed by atoms with E-state index in [-0.39, 0.29) is 6.61 Å². The first-order valence-electron chi connectivity index (χ1n) is 10.5. The van der Waals surface area contributed by atoms with Crippen LogP contribution in [0.25, 0.3) is 0 Å². The molecule has 4 atom stereocenters. The van der Waals surface area contributed by atoms with Gasteiger partial charge in [0.25, 0.3) is 5.56 Å². The lowest BCUT2D eigenvalue weighted by atomic mass is 10.00. The Bertz CT molecular complexity index is 1160. The molecule has 0 radical (unpaired) electrons. The van der Waals surface area contributed by atoms with Crippen molar-refractivity contribution in [2.24, 2.45) is 0 Å². The van der Waals surface area contributed by atoms with Crippen LogP contribution in [0.5, 0.6) is 0 Å². The summed E-state index contributed by atoms with van der Waals surface area (Å²) in [6.07, 6.45) is -0.262. The molecule has 32 heavy (non-hydrogen) atoms. The highest BCUT2D eigenvalue weighted by atomic mass is 16.7. The number of aromatic amines is 1. The molecule has 1 N–H and O–H groups in total. The fourth-order valence-electron chi connectivity index (χ4n) is 4.27. The van der Waals surface area contributed by atoms with Gasteiger partial charge in [0.05, 0.1) is 26.4 Å². The molecule has 2 aliphatic rings. The van der Waals surface area contributed by atoms with Gasteiger partial charge in [-0.1, -0.05) is 60.7 Å². The number of aromatic nitrogens is 2. The van der Waals surface area contributed by atoms with Crippen molar-refractivity contribution < 1.29 is 18.9 Å². The molecule has 3 heterocycles. The average molecular weight is 436 g/mol. The first-order valence-corrected chi connectivity index (χ1v) is 10.5. The molecule has 166 valence electrons.